The zero-order valence-corrected chi connectivity index (χ0v) is 21.7. The lowest BCUT2D eigenvalue weighted by atomic mass is 10.0. The van der Waals surface area contributed by atoms with Crippen molar-refractivity contribution in [3.05, 3.63) is 80.0 Å². The third-order valence-corrected chi connectivity index (χ3v) is 7.77. The Morgan fingerprint density at radius 1 is 1.16 bits per heavy atom. The van der Waals surface area contributed by atoms with Gasteiger partial charge >= 0.3 is 0 Å². The second kappa shape index (κ2) is 10.7. The minimum absolute atomic E-state index is 0.118. The van der Waals surface area contributed by atoms with E-state index in [2.05, 4.69) is 16.3 Å². The second-order valence-electron chi connectivity index (χ2n) is 9.54. The van der Waals surface area contributed by atoms with Crippen molar-refractivity contribution in [3.63, 3.8) is 0 Å². The van der Waals surface area contributed by atoms with Crippen LogP contribution >= 0.6 is 11.8 Å². The number of hydrogen-bond acceptors (Lipinski definition) is 9. The number of benzene rings is 2. The van der Waals surface area contributed by atoms with Crippen LogP contribution in [0.1, 0.15) is 46.4 Å². The Morgan fingerprint density at radius 3 is 2.51 bits per heavy atom. The number of nitrogens with zero attached hydrogens (tertiary/aromatic N) is 5. The van der Waals surface area contributed by atoms with Crippen molar-refractivity contribution < 1.29 is 9.66 Å². The summed E-state index contributed by atoms with van der Waals surface area (Å²) in [6, 6.07) is 12.9. The number of hydrogen-bond donors (Lipinski definition) is 1. The van der Waals surface area contributed by atoms with Gasteiger partial charge in [0.1, 0.15) is 5.75 Å². The molecule has 0 unspecified atom stereocenters. The standard InChI is InChI=1S/C27H28N6O3S/c1-17-11-20(13-28)12-18(2)25(17)36-26-23-15-37-16-24(23)30-27(31-26)29-21-7-9-32(10-8-21)14-19-3-5-22(6-4-19)33(34)35/h3-6,11-12,21H,7-10,14-16H2,1-2H3,(H,29,30,31). The van der Waals surface area contributed by atoms with Crippen molar-refractivity contribution in [1.82, 2.24) is 14.9 Å². The fourth-order valence-corrected chi connectivity index (χ4v) is 5.87. The molecule has 0 spiro atoms. The SMILES string of the molecule is Cc1cc(C#N)cc(C)c1Oc1nc(NC2CCN(Cc3ccc([N+](=O)[O-])cc3)CC2)nc2c1CSC2. The van der Waals surface area contributed by atoms with Gasteiger partial charge in [0.05, 0.1) is 22.2 Å². The average Bonchev–Trinajstić information content (AvgIpc) is 3.36. The first-order chi connectivity index (χ1) is 17.9. The fourth-order valence-electron chi connectivity index (χ4n) is 4.84. The summed E-state index contributed by atoms with van der Waals surface area (Å²) >= 11 is 1.80. The molecule has 10 heteroatoms. The highest BCUT2D eigenvalue weighted by Gasteiger charge is 2.25. The van der Waals surface area contributed by atoms with Gasteiger partial charge in [-0.15, -0.1) is 0 Å². The molecule has 2 aliphatic heterocycles. The fraction of sp³-hybridized carbons (Fsp3) is 0.370. The first kappa shape index (κ1) is 25.0. The number of non-ortho nitro benzene ring substituents is 1. The van der Waals surface area contributed by atoms with E-state index >= 15 is 0 Å². The first-order valence-corrected chi connectivity index (χ1v) is 13.4. The molecule has 1 aromatic heterocycles. The molecule has 1 saturated heterocycles. The molecular weight excluding hydrogens is 488 g/mol. The Bertz CT molecular complexity index is 1340. The van der Waals surface area contributed by atoms with E-state index in [1.807, 2.05) is 38.1 Å². The van der Waals surface area contributed by atoms with E-state index < -0.39 is 0 Å². The lowest BCUT2D eigenvalue weighted by Gasteiger charge is -2.32. The summed E-state index contributed by atoms with van der Waals surface area (Å²) in [5.41, 5.74) is 5.68. The lowest BCUT2D eigenvalue weighted by molar-refractivity contribution is -0.384. The quantitative estimate of drug-likeness (QED) is 0.321. The molecule has 1 fully saturated rings. The van der Waals surface area contributed by atoms with Crippen LogP contribution in [-0.2, 0) is 18.1 Å². The molecule has 1 N–H and O–H groups in total. The van der Waals surface area contributed by atoms with Crippen LogP contribution in [0.5, 0.6) is 11.6 Å². The number of ether oxygens (including phenoxy) is 1. The Kier molecular flexibility index (Phi) is 7.26. The van der Waals surface area contributed by atoms with Crippen LogP contribution < -0.4 is 10.1 Å². The van der Waals surface area contributed by atoms with E-state index in [4.69, 9.17) is 14.7 Å². The van der Waals surface area contributed by atoms with E-state index in [0.717, 1.165) is 77.7 Å². The summed E-state index contributed by atoms with van der Waals surface area (Å²) in [5.74, 6) is 3.57. The molecule has 37 heavy (non-hydrogen) atoms. The van der Waals surface area contributed by atoms with Crippen LogP contribution in [0.25, 0.3) is 0 Å². The van der Waals surface area contributed by atoms with Gasteiger partial charge < -0.3 is 10.1 Å². The Morgan fingerprint density at radius 2 is 1.86 bits per heavy atom. The molecule has 0 radical (unpaired) electrons. The van der Waals surface area contributed by atoms with Gasteiger partial charge in [-0.05, 0) is 55.5 Å². The number of aryl methyl sites for hydroxylation is 2. The number of rotatable bonds is 7. The van der Waals surface area contributed by atoms with Gasteiger partial charge in [0.15, 0.2) is 0 Å². The second-order valence-corrected chi connectivity index (χ2v) is 10.5. The number of anilines is 1. The molecule has 3 aromatic rings. The van der Waals surface area contributed by atoms with Crippen molar-refractivity contribution in [1.29, 1.82) is 5.26 Å². The van der Waals surface area contributed by atoms with Crippen molar-refractivity contribution in [2.24, 2.45) is 0 Å². The predicted octanol–water partition coefficient (Wildman–Crippen LogP) is 5.49. The molecule has 0 atom stereocenters. The number of nitriles is 1. The van der Waals surface area contributed by atoms with Crippen molar-refractivity contribution >= 4 is 23.4 Å². The maximum atomic E-state index is 10.9. The molecule has 2 aliphatic rings. The molecule has 0 amide bonds. The number of likely N-dealkylation sites (tertiary alicyclic amines) is 1. The van der Waals surface area contributed by atoms with E-state index in [9.17, 15) is 15.4 Å². The highest BCUT2D eigenvalue weighted by molar-refractivity contribution is 7.98. The van der Waals surface area contributed by atoms with Gasteiger partial charge in [0, 0.05) is 54.9 Å². The molecule has 0 saturated carbocycles. The van der Waals surface area contributed by atoms with Crippen LogP contribution in [0.3, 0.4) is 0 Å². The summed E-state index contributed by atoms with van der Waals surface area (Å²) in [4.78, 5) is 22.4. The maximum Gasteiger partial charge on any atom is 0.269 e. The van der Waals surface area contributed by atoms with Gasteiger partial charge in [-0.2, -0.15) is 22.0 Å². The van der Waals surface area contributed by atoms with Crippen LogP contribution in [0, 0.1) is 35.3 Å². The zero-order valence-electron chi connectivity index (χ0n) is 20.9. The highest BCUT2D eigenvalue weighted by atomic mass is 32.2. The normalized spacial score (nSPS) is 15.7. The molecule has 2 aromatic carbocycles. The van der Waals surface area contributed by atoms with Crippen molar-refractivity contribution in [2.75, 3.05) is 18.4 Å². The summed E-state index contributed by atoms with van der Waals surface area (Å²) in [6.45, 7) is 6.51. The van der Waals surface area contributed by atoms with Gasteiger partial charge in [-0.3, -0.25) is 15.0 Å². The molecule has 5 rings (SSSR count). The van der Waals surface area contributed by atoms with Crippen LogP contribution in [0.4, 0.5) is 11.6 Å². The topological polar surface area (TPSA) is 117 Å². The van der Waals surface area contributed by atoms with Crippen LogP contribution in [0.15, 0.2) is 36.4 Å². The van der Waals surface area contributed by atoms with E-state index in [1.165, 1.54) is 0 Å². The zero-order chi connectivity index (χ0) is 25.9. The van der Waals surface area contributed by atoms with Crippen LogP contribution in [-0.4, -0.2) is 38.9 Å². The molecule has 3 heterocycles. The third-order valence-electron chi connectivity index (χ3n) is 6.80. The molecular formula is C27H28N6O3S. The summed E-state index contributed by atoms with van der Waals surface area (Å²) in [6.07, 6.45) is 1.90. The highest BCUT2D eigenvalue weighted by Crippen LogP contribution is 2.38. The minimum atomic E-state index is -0.371. The predicted molar refractivity (Wildman–Crippen MR) is 143 cm³/mol. The van der Waals surface area contributed by atoms with Gasteiger partial charge in [-0.25, -0.2) is 4.98 Å². The minimum Gasteiger partial charge on any atom is -0.438 e. The number of nitrogens with one attached hydrogen (secondary N) is 1. The average molecular weight is 517 g/mol. The van der Waals surface area contributed by atoms with Crippen LogP contribution in [0.2, 0.25) is 0 Å². The number of thioether (sulfide) groups is 1. The summed E-state index contributed by atoms with van der Waals surface area (Å²) < 4.78 is 6.35. The third kappa shape index (κ3) is 5.68. The van der Waals surface area contributed by atoms with E-state index in [0.29, 0.717) is 17.4 Å². The number of fused-ring (bicyclic) bond motifs is 1. The van der Waals surface area contributed by atoms with Crippen molar-refractivity contribution in [2.45, 2.75) is 50.8 Å². The number of nitro groups is 1. The molecule has 0 bridgehead atoms. The molecule has 190 valence electrons. The molecule has 0 aliphatic carbocycles. The number of aromatic nitrogens is 2. The summed E-state index contributed by atoms with van der Waals surface area (Å²) in [5, 5.41) is 23.7. The van der Waals surface area contributed by atoms with Gasteiger partial charge in [-0.1, -0.05) is 12.1 Å². The van der Waals surface area contributed by atoms with E-state index in [-0.39, 0.29) is 16.7 Å². The Hall–Kier alpha value is -3.68. The van der Waals surface area contributed by atoms with Gasteiger partial charge in [0.2, 0.25) is 11.8 Å². The number of nitro benzene ring substituents is 1. The smallest absolute Gasteiger partial charge is 0.269 e. The maximum absolute atomic E-state index is 10.9. The Labute approximate surface area is 220 Å². The first-order valence-electron chi connectivity index (χ1n) is 12.3. The largest absolute Gasteiger partial charge is 0.438 e. The molecule has 9 nitrogen and oxygen atoms in total. The Balaban J connectivity index is 1.25. The summed E-state index contributed by atoms with van der Waals surface area (Å²) in [7, 11) is 0. The van der Waals surface area contributed by atoms with Crippen molar-refractivity contribution in [3.8, 4) is 17.7 Å². The number of piperidine rings is 1. The monoisotopic (exact) mass is 516 g/mol. The van der Waals surface area contributed by atoms with E-state index in [1.54, 1.807) is 23.9 Å². The lowest BCUT2D eigenvalue weighted by Crippen LogP contribution is -2.39. The van der Waals surface area contributed by atoms with Gasteiger partial charge in [0.25, 0.3) is 5.69 Å².